The summed E-state index contributed by atoms with van der Waals surface area (Å²) in [5.41, 5.74) is 8.56. The highest BCUT2D eigenvalue weighted by molar-refractivity contribution is 6.04. The molecule has 10 nitrogen and oxygen atoms in total. The van der Waals surface area contributed by atoms with Gasteiger partial charge in [0.25, 0.3) is 5.91 Å². The minimum absolute atomic E-state index is 0.245. The quantitative estimate of drug-likeness (QED) is 0.192. The highest BCUT2D eigenvalue weighted by Gasteiger charge is 2.24. The van der Waals surface area contributed by atoms with E-state index in [0.717, 1.165) is 70.3 Å². The molecule has 5 heterocycles. The first-order valence-corrected chi connectivity index (χ1v) is 15.5. The molecule has 3 aromatic heterocycles. The van der Waals surface area contributed by atoms with Gasteiger partial charge in [0, 0.05) is 55.3 Å². The van der Waals surface area contributed by atoms with E-state index in [4.69, 9.17) is 4.98 Å². The normalized spacial score (nSPS) is 18.2. The van der Waals surface area contributed by atoms with Crippen LogP contribution < -0.4 is 10.6 Å². The van der Waals surface area contributed by atoms with Crippen LogP contribution in [-0.2, 0) is 13.1 Å². The first-order valence-electron chi connectivity index (χ1n) is 15.5. The number of fused-ring (bicyclic) bond motifs is 2. The van der Waals surface area contributed by atoms with E-state index in [-0.39, 0.29) is 12.0 Å². The fourth-order valence-electron chi connectivity index (χ4n) is 6.51. The molecule has 0 bridgehead atoms. The van der Waals surface area contributed by atoms with E-state index in [1.54, 1.807) is 16.9 Å². The lowest BCUT2D eigenvalue weighted by atomic mass is 9.94. The van der Waals surface area contributed by atoms with Crippen molar-refractivity contribution in [3.63, 3.8) is 0 Å². The van der Waals surface area contributed by atoms with Crippen LogP contribution >= 0.6 is 0 Å². The average molecular weight is 604 g/mol. The second-order valence-corrected chi connectivity index (χ2v) is 12.1. The minimum atomic E-state index is -0.588. The Morgan fingerprint density at radius 1 is 0.956 bits per heavy atom. The zero-order valence-electron chi connectivity index (χ0n) is 25.5. The molecule has 45 heavy (non-hydrogen) atoms. The molecular weight excluding hydrogens is 566 g/mol. The van der Waals surface area contributed by atoms with Gasteiger partial charge in [-0.2, -0.15) is 5.10 Å². The molecule has 2 aliphatic rings. The maximum absolute atomic E-state index is 13.2. The van der Waals surface area contributed by atoms with E-state index in [1.165, 1.54) is 0 Å². The third-order valence-corrected chi connectivity index (χ3v) is 9.00. The predicted molar refractivity (Wildman–Crippen MR) is 174 cm³/mol. The summed E-state index contributed by atoms with van der Waals surface area (Å²) in [4.78, 5) is 24.8. The number of aliphatic hydroxyl groups excluding tert-OH is 2. The Kier molecular flexibility index (Phi) is 7.78. The largest absolute Gasteiger partial charge is 0.392 e. The van der Waals surface area contributed by atoms with Crippen molar-refractivity contribution in [2.24, 2.45) is 0 Å². The van der Waals surface area contributed by atoms with E-state index in [0.29, 0.717) is 42.4 Å². The van der Waals surface area contributed by atoms with Gasteiger partial charge in [-0.25, -0.2) is 4.98 Å². The van der Waals surface area contributed by atoms with Gasteiger partial charge in [0.05, 0.1) is 17.9 Å². The van der Waals surface area contributed by atoms with Gasteiger partial charge in [0.2, 0.25) is 0 Å². The lowest BCUT2D eigenvalue weighted by Crippen LogP contribution is -2.21. The van der Waals surface area contributed by atoms with Gasteiger partial charge in [0.1, 0.15) is 5.52 Å². The third-order valence-electron chi connectivity index (χ3n) is 9.00. The molecule has 7 rings (SSSR count). The zero-order valence-corrected chi connectivity index (χ0v) is 25.5. The zero-order chi connectivity index (χ0) is 31.1. The van der Waals surface area contributed by atoms with Crippen molar-refractivity contribution < 1.29 is 15.0 Å². The number of likely N-dealkylation sites (tertiary alicyclic amines) is 1. The van der Waals surface area contributed by atoms with E-state index in [1.807, 2.05) is 43.5 Å². The monoisotopic (exact) mass is 603 g/mol. The number of anilines is 3. The fraction of sp³-hybridized carbons (Fsp3) is 0.314. The second kappa shape index (κ2) is 12.0. The molecule has 4 N–H and O–H groups in total. The van der Waals surface area contributed by atoms with Crippen molar-refractivity contribution in [2.45, 2.75) is 58.4 Å². The minimum Gasteiger partial charge on any atom is -0.392 e. The topological polar surface area (TPSA) is 128 Å². The van der Waals surface area contributed by atoms with Crippen LogP contribution in [0.15, 0.2) is 67.0 Å². The molecule has 10 heteroatoms. The molecule has 2 aromatic carbocycles. The summed E-state index contributed by atoms with van der Waals surface area (Å²) in [5, 5.41) is 32.2. The number of hydrogen-bond donors (Lipinski definition) is 4. The van der Waals surface area contributed by atoms with Gasteiger partial charge in [0.15, 0.2) is 11.5 Å². The maximum Gasteiger partial charge on any atom is 0.276 e. The standard InChI is InChI=1S/C35H37N7O3/c1-21-26(27-7-4-9-29(22(27)2)39-35(45)30-17-31-32(44)10-5-14-42(31)40-30)6-3-8-28(21)38-34-33-24(11-13-36-34)16-23(18-37-33)19-41-15-12-25(43)20-41/h3-4,6-9,11,13,16-18,25,32,43-44H,5,10,12,14-15,19-20H2,1-2H3,(H,36,38)(H,39,45)/t25-,32?/m1/s1. The summed E-state index contributed by atoms with van der Waals surface area (Å²) in [6, 6.07) is 17.8. The number of aryl methyl sites for hydroxylation is 1. The first kappa shape index (κ1) is 29.1. The van der Waals surface area contributed by atoms with Crippen molar-refractivity contribution >= 4 is 34.0 Å². The summed E-state index contributed by atoms with van der Waals surface area (Å²) >= 11 is 0. The Balaban J connectivity index is 1.13. The van der Waals surface area contributed by atoms with Gasteiger partial charge in [-0.1, -0.05) is 24.3 Å². The van der Waals surface area contributed by atoms with Crippen LogP contribution in [0.5, 0.6) is 0 Å². The molecule has 5 aromatic rings. The number of carbonyl (C=O) groups excluding carboxylic acids is 1. The van der Waals surface area contributed by atoms with Gasteiger partial charge in [-0.15, -0.1) is 0 Å². The number of rotatable bonds is 7. The third kappa shape index (κ3) is 5.80. The van der Waals surface area contributed by atoms with Crippen LogP contribution in [0.25, 0.3) is 22.0 Å². The molecule has 2 aliphatic heterocycles. The Morgan fingerprint density at radius 2 is 1.73 bits per heavy atom. The van der Waals surface area contributed by atoms with Crippen molar-refractivity contribution in [2.75, 3.05) is 23.7 Å². The van der Waals surface area contributed by atoms with Gasteiger partial charge >= 0.3 is 0 Å². The van der Waals surface area contributed by atoms with E-state index < -0.39 is 6.10 Å². The first-order chi connectivity index (χ1) is 21.8. The Morgan fingerprint density at radius 3 is 2.49 bits per heavy atom. The number of amides is 1. The highest BCUT2D eigenvalue weighted by atomic mass is 16.3. The van der Waals surface area contributed by atoms with Crippen LogP contribution in [-0.4, -0.2) is 60.0 Å². The number of nitrogens with one attached hydrogen (secondary N) is 2. The molecule has 1 amide bonds. The SMILES string of the molecule is Cc1c(NC(=O)c2cc3n(n2)CCCC3O)cccc1-c1cccc(Nc2nccc3cc(CN4CC[C@@H](O)C4)cnc23)c1C. The Bertz CT molecular complexity index is 1900. The lowest BCUT2D eigenvalue weighted by molar-refractivity contribution is 0.102. The van der Waals surface area contributed by atoms with Crippen molar-refractivity contribution in [3.8, 4) is 11.1 Å². The number of aromatic nitrogens is 4. The predicted octanol–water partition coefficient (Wildman–Crippen LogP) is 5.50. The van der Waals surface area contributed by atoms with Gasteiger partial charge in [-0.3, -0.25) is 19.4 Å². The van der Waals surface area contributed by atoms with E-state index >= 15 is 0 Å². The highest BCUT2D eigenvalue weighted by Crippen LogP contribution is 2.35. The van der Waals surface area contributed by atoms with Crippen LogP contribution in [0.4, 0.5) is 17.2 Å². The Labute approximate surface area is 261 Å². The molecule has 1 unspecified atom stereocenters. The summed E-state index contributed by atoms with van der Waals surface area (Å²) in [7, 11) is 0. The van der Waals surface area contributed by atoms with Gasteiger partial charge in [-0.05, 0) is 91.3 Å². The summed E-state index contributed by atoms with van der Waals surface area (Å²) in [6.45, 7) is 7.13. The van der Waals surface area contributed by atoms with Crippen LogP contribution in [0.3, 0.4) is 0 Å². The molecule has 2 atom stereocenters. The molecule has 230 valence electrons. The number of hydrogen-bond acceptors (Lipinski definition) is 8. The maximum atomic E-state index is 13.2. The fourth-order valence-corrected chi connectivity index (χ4v) is 6.51. The number of benzene rings is 2. The van der Waals surface area contributed by atoms with Gasteiger partial charge < -0.3 is 20.8 Å². The van der Waals surface area contributed by atoms with Crippen LogP contribution in [0.2, 0.25) is 0 Å². The molecule has 0 spiro atoms. The van der Waals surface area contributed by atoms with E-state index in [2.05, 4.69) is 50.7 Å². The van der Waals surface area contributed by atoms with Crippen molar-refractivity contribution in [1.82, 2.24) is 24.6 Å². The summed E-state index contributed by atoms with van der Waals surface area (Å²) < 4.78 is 1.73. The molecule has 1 saturated heterocycles. The number of β-amino-alcohol motifs (C(OH)–C–C–N with tert-alkyl or cyclic N) is 1. The lowest BCUT2D eigenvalue weighted by Gasteiger charge is -2.18. The van der Waals surface area contributed by atoms with Crippen LogP contribution in [0, 0.1) is 13.8 Å². The summed E-state index contributed by atoms with van der Waals surface area (Å²) in [5.74, 6) is 0.383. The number of aliphatic hydroxyl groups is 2. The number of nitrogens with zero attached hydrogens (tertiary/aromatic N) is 5. The molecular formula is C35H37N7O3. The van der Waals surface area contributed by atoms with Crippen LogP contribution in [0.1, 0.15) is 58.2 Å². The summed E-state index contributed by atoms with van der Waals surface area (Å²) in [6.07, 6.45) is 5.19. The van der Waals surface area contributed by atoms with Crippen molar-refractivity contribution in [3.05, 3.63) is 95.1 Å². The number of pyridine rings is 2. The smallest absolute Gasteiger partial charge is 0.276 e. The Hall–Kier alpha value is -4.64. The average Bonchev–Trinajstić information content (AvgIpc) is 3.66. The number of carbonyl (C=O) groups is 1. The molecule has 0 saturated carbocycles. The molecule has 0 radical (unpaired) electrons. The molecule has 0 aliphatic carbocycles. The van der Waals surface area contributed by atoms with E-state index in [9.17, 15) is 15.0 Å². The molecule has 1 fully saturated rings. The second-order valence-electron chi connectivity index (χ2n) is 12.1. The van der Waals surface area contributed by atoms with Crippen molar-refractivity contribution in [1.29, 1.82) is 0 Å².